The Kier molecular flexibility index (Phi) is 4.53. The van der Waals surface area contributed by atoms with Crippen molar-refractivity contribution < 1.29 is 28.2 Å². The molecule has 0 fully saturated rings. The van der Waals surface area contributed by atoms with Crippen LogP contribution >= 0.6 is 0 Å². The van der Waals surface area contributed by atoms with E-state index in [1.54, 1.807) is 12.1 Å². The van der Waals surface area contributed by atoms with E-state index in [1.165, 1.54) is 6.07 Å². The van der Waals surface area contributed by atoms with Gasteiger partial charge in [0.2, 0.25) is 5.43 Å². The minimum Gasteiger partial charge on any atom is -0.505 e. The van der Waals surface area contributed by atoms with Crippen LogP contribution in [0.15, 0.2) is 51.7 Å². The molecule has 30 heavy (non-hydrogen) atoms. The Labute approximate surface area is 169 Å². The van der Waals surface area contributed by atoms with Crippen LogP contribution in [0.4, 0.5) is 8.78 Å². The minimum absolute atomic E-state index is 0.0128. The van der Waals surface area contributed by atoms with E-state index in [-0.39, 0.29) is 44.9 Å². The van der Waals surface area contributed by atoms with Crippen molar-refractivity contribution in [2.75, 3.05) is 0 Å². The summed E-state index contributed by atoms with van der Waals surface area (Å²) in [7, 11) is 0. The number of halogens is 2. The van der Waals surface area contributed by atoms with Crippen molar-refractivity contribution in [1.82, 2.24) is 0 Å². The molecular formula is C23H16F2O5. The lowest BCUT2D eigenvalue weighted by Gasteiger charge is -2.18. The van der Waals surface area contributed by atoms with Crippen molar-refractivity contribution in [2.45, 2.75) is 19.8 Å². The molecule has 0 atom stereocenters. The van der Waals surface area contributed by atoms with Gasteiger partial charge in [-0.05, 0) is 41.3 Å². The topological polar surface area (TPSA) is 87.7 Å². The van der Waals surface area contributed by atoms with E-state index >= 15 is 0 Å². The molecule has 0 aromatic heterocycles. The summed E-state index contributed by atoms with van der Waals surface area (Å²) in [5.74, 6) is -3.84. The molecule has 152 valence electrons. The highest BCUT2D eigenvalue weighted by molar-refractivity contribution is 6.07. The summed E-state index contributed by atoms with van der Waals surface area (Å²) in [5, 5.41) is 19.6. The monoisotopic (exact) mass is 410 g/mol. The first kappa shape index (κ1) is 19.6. The van der Waals surface area contributed by atoms with Gasteiger partial charge in [0, 0.05) is 28.6 Å². The fraction of sp³-hybridized carbons (Fsp3) is 0.130. The van der Waals surface area contributed by atoms with E-state index in [4.69, 9.17) is 4.42 Å². The van der Waals surface area contributed by atoms with Crippen LogP contribution in [-0.4, -0.2) is 16.2 Å². The molecule has 0 saturated carbocycles. The maximum Gasteiger partial charge on any atom is 0.336 e. The molecule has 1 aliphatic carbocycles. The number of hydrogen-bond acceptors (Lipinski definition) is 4. The normalized spacial score (nSPS) is 11.5. The van der Waals surface area contributed by atoms with Gasteiger partial charge < -0.3 is 14.6 Å². The van der Waals surface area contributed by atoms with E-state index in [9.17, 15) is 28.6 Å². The number of carboxylic acid groups (broad SMARTS) is 1. The van der Waals surface area contributed by atoms with E-state index in [2.05, 4.69) is 0 Å². The predicted octanol–water partition coefficient (Wildman–Crippen LogP) is 5.37. The number of aromatic carboxylic acids is 1. The van der Waals surface area contributed by atoms with Crippen molar-refractivity contribution in [1.29, 1.82) is 0 Å². The Morgan fingerprint density at radius 1 is 1.00 bits per heavy atom. The minimum atomic E-state index is -1.22. The Bertz CT molecular complexity index is 1350. The Morgan fingerprint density at radius 3 is 2.40 bits per heavy atom. The van der Waals surface area contributed by atoms with Crippen molar-refractivity contribution >= 4 is 16.9 Å². The van der Waals surface area contributed by atoms with Gasteiger partial charge in [-0.3, -0.25) is 4.79 Å². The molecule has 7 heteroatoms. The molecule has 0 saturated heterocycles. The zero-order chi connectivity index (χ0) is 21.7. The van der Waals surface area contributed by atoms with Crippen molar-refractivity contribution in [2.24, 2.45) is 0 Å². The molecular weight excluding hydrogens is 394 g/mol. The summed E-state index contributed by atoms with van der Waals surface area (Å²) in [6.45, 7) is 3.86. The summed E-state index contributed by atoms with van der Waals surface area (Å²) >= 11 is 0. The van der Waals surface area contributed by atoms with E-state index in [0.717, 1.165) is 29.8 Å². The number of carboxylic acids is 1. The Morgan fingerprint density at radius 2 is 1.73 bits per heavy atom. The highest BCUT2D eigenvalue weighted by Gasteiger charge is 2.24. The van der Waals surface area contributed by atoms with Crippen LogP contribution < -0.4 is 5.43 Å². The van der Waals surface area contributed by atoms with Gasteiger partial charge in [-0.2, -0.15) is 0 Å². The molecule has 0 radical (unpaired) electrons. The Balaban J connectivity index is 2.26. The number of benzene rings is 3. The average molecular weight is 410 g/mol. The third-order valence-electron chi connectivity index (χ3n) is 5.05. The van der Waals surface area contributed by atoms with Crippen LogP contribution in [0, 0.1) is 11.6 Å². The van der Waals surface area contributed by atoms with E-state index in [1.807, 2.05) is 13.8 Å². The lowest BCUT2D eigenvalue weighted by molar-refractivity contribution is 0.0697. The molecule has 1 heterocycles. The van der Waals surface area contributed by atoms with E-state index in [0.29, 0.717) is 0 Å². The van der Waals surface area contributed by atoms with Gasteiger partial charge in [0.1, 0.15) is 11.3 Å². The first-order chi connectivity index (χ1) is 14.2. The molecule has 2 aromatic rings. The smallest absolute Gasteiger partial charge is 0.336 e. The second-order valence-electron chi connectivity index (χ2n) is 7.32. The lowest BCUT2D eigenvalue weighted by atomic mass is 9.88. The van der Waals surface area contributed by atoms with Crippen LogP contribution in [0.25, 0.3) is 33.4 Å². The van der Waals surface area contributed by atoms with Crippen LogP contribution in [0.3, 0.4) is 0 Å². The number of fused-ring (bicyclic) bond motifs is 2. The fourth-order valence-corrected chi connectivity index (χ4v) is 3.51. The second kappa shape index (κ2) is 6.95. The summed E-state index contributed by atoms with van der Waals surface area (Å²) in [4.78, 5) is 23.7. The van der Waals surface area contributed by atoms with Crippen LogP contribution in [0.5, 0.6) is 5.75 Å². The summed E-state index contributed by atoms with van der Waals surface area (Å²) in [5.41, 5.74) is 0.399. The molecule has 0 bridgehead atoms. The first-order valence-electron chi connectivity index (χ1n) is 9.13. The highest BCUT2D eigenvalue weighted by Crippen LogP contribution is 2.43. The predicted molar refractivity (Wildman–Crippen MR) is 107 cm³/mol. The largest absolute Gasteiger partial charge is 0.505 e. The molecule has 0 amide bonds. The van der Waals surface area contributed by atoms with Gasteiger partial charge in [0.05, 0.1) is 5.56 Å². The maximum absolute atomic E-state index is 14.2. The van der Waals surface area contributed by atoms with Gasteiger partial charge in [-0.25, -0.2) is 13.6 Å². The highest BCUT2D eigenvalue weighted by atomic mass is 19.1. The average Bonchev–Trinajstić information content (AvgIpc) is 2.68. The summed E-state index contributed by atoms with van der Waals surface area (Å²) < 4.78 is 34.0. The zero-order valence-electron chi connectivity index (χ0n) is 16.0. The SMILES string of the molecule is CC(C)c1ccc(C(=O)O)c(-c2c3cc(F)c(=O)cc-3oc3cc(O)c(F)cc23)c1. The van der Waals surface area contributed by atoms with Gasteiger partial charge in [0.15, 0.2) is 17.4 Å². The molecule has 0 unspecified atom stereocenters. The standard InChI is InChI=1S/C23H16F2O5/c1-10(2)11-3-4-12(23(28)29)13(5-11)22-14-6-16(24)18(26)8-20(14)30-21-9-19(27)17(25)7-15(21)22/h3-10,26H,1-2H3,(H,28,29). The van der Waals surface area contributed by atoms with Crippen LogP contribution in [0.1, 0.15) is 35.7 Å². The summed E-state index contributed by atoms with van der Waals surface area (Å²) in [6.07, 6.45) is 0. The lowest BCUT2D eigenvalue weighted by Crippen LogP contribution is -2.08. The van der Waals surface area contributed by atoms with Crippen molar-refractivity contribution in [3.63, 3.8) is 0 Å². The van der Waals surface area contributed by atoms with Gasteiger partial charge >= 0.3 is 5.97 Å². The van der Waals surface area contributed by atoms with Crippen LogP contribution in [0.2, 0.25) is 0 Å². The third-order valence-corrected chi connectivity index (χ3v) is 5.05. The number of phenolic OH excluding ortho intramolecular Hbond substituents is 1. The number of carbonyl (C=O) groups is 1. The number of rotatable bonds is 3. The second-order valence-corrected chi connectivity index (χ2v) is 7.32. The van der Waals surface area contributed by atoms with Gasteiger partial charge in [-0.15, -0.1) is 0 Å². The molecule has 2 N–H and O–H groups in total. The zero-order valence-corrected chi connectivity index (χ0v) is 16.0. The first-order valence-corrected chi connectivity index (χ1v) is 9.13. The fourth-order valence-electron chi connectivity index (χ4n) is 3.51. The number of phenols is 1. The third kappa shape index (κ3) is 3.08. The molecule has 5 nitrogen and oxygen atoms in total. The van der Waals surface area contributed by atoms with Crippen molar-refractivity contribution in [3.8, 4) is 28.2 Å². The van der Waals surface area contributed by atoms with Gasteiger partial charge in [0.25, 0.3) is 0 Å². The summed E-state index contributed by atoms with van der Waals surface area (Å²) in [6, 6.07) is 8.70. The molecule has 2 aliphatic rings. The molecule has 0 spiro atoms. The molecule has 4 rings (SSSR count). The number of aromatic hydroxyl groups is 1. The van der Waals surface area contributed by atoms with Crippen LogP contribution in [-0.2, 0) is 0 Å². The Hall–Kier alpha value is -3.74. The molecule has 2 aromatic carbocycles. The maximum atomic E-state index is 14.2. The van der Waals surface area contributed by atoms with Gasteiger partial charge in [-0.1, -0.05) is 19.9 Å². The quantitative estimate of drug-likeness (QED) is 0.443. The number of hydrogen-bond donors (Lipinski definition) is 2. The molecule has 1 aliphatic heterocycles. The van der Waals surface area contributed by atoms with Crippen molar-refractivity contribution in [3.05, 3.63) is 75.4 Å². The van der Waals surface area contributed by atoms with E-state index < -0.39 is 28.8 Å².